The van der Waals surface area contributed by atoms with Crippen molar-refractivity contribution in [3.8, 4) is 0 Å². The van der Waals surface area contributed by atoms with Gasteiger partial charge in [-0.1, -0.05) is 28.5 Å². The number of nitrogens with two attached hydrogens (primary N) is 1. The highest BCUT2D eigenvalue weighted by molar-refractivity contribution is 8.77. The topological polar surface area (TPSA) is 109 Å². The van der Waals surface area contributed by atoms with Crippen molar-refractivity contribution in [1.29, 1.82) is 0 Å². The smallest absolute Gasteiger partial charge is 0.407 e. The van der Waals surface area contributed by atoms with Gasteiger partial charge in [0.1, 0.15) is 0 Å². The van der Waals surface area contributed by atoms with Crippen LogP contribution in [-0.4, -0.2) is 75.3 Å². The third-order valence-electron chi connectivity index (χ3n) is 3.70. The third-order valence-corrected chi connectivity index (χ3v) is 8.05. The second kappa shape index (κ2) is 20.0. The molecule has 0 aliphatic carbocycles. The predicted molar refractivity (Wildman–Crippen MR) is 131 cm³/mol. The van der Waals surface area contributed by atoms with E-state index in [4.69, 9.17) is 24.7 Å². The van der Waals surface area contributed by atoms with Gasteiger partial charge >= 0.3 is 12.1 Å². The van der Waals surface area contributed by atoms with E-state index in [9.17, 15) is 9.59 Å². The summed E-state index contributed by atoms with van der Waals surface area (Å²) in [7, 11) is 6.73. The molecule has 0 unspecified atom stereocenters. The lowest BCUT2D eigenvalue weighted by Crippen LogP contribution is -2.29. The molecule has 0 saturated carbocycles. The number of hydrogen-bond donors (Lipinski definition) is 2. The van der Waals surface area contributed by atoms with E-state index in [1.54, 1.807) is 35.8 Å². The number of amides is 1. The molecule has 0 aromatic heterocycles. The van der Waals surface area contributed by atoms with Gasteiger partial charge in [0.25, 0.3) is 0 Å². The Kier molecular flexibility index (Phi) is 20.9. The molecule has 0 aromatic rings. The maximum absolute atomic E-state index is 11.6. The van der Waals surface area contributed by atoms with E-state index in [0.29, 0.717) is 45.8 Å². The van der Waals surface area contributed by atoms with Crippen LogP contribution >= 0.6 is 21.6 Å². The first-order valence-electron chi connectivity index (χ1n) is 10.6. The second-order valence-electron chi connectivity index (χ2n) is 7.97. The summed E-state index contributed by atoms with van der Waals surface area (Å²) in [6.45, 7) is 13.4. The number of esters is 1. The number of carbonyl (C=O) groups is 2. The van der Waals surface area contributed by atoms with Crippen LogP contribution in [0.15, 0.2) is 0 Å². The first kappa shape index (κ1) is 32.5. The average Bonchev–Trinajstić information content (AvgIpc) is 2.67. The number of hydrogen-bond acceptors (Lipinski definition) is 9. The highest BCUT2D eigenvalue weighted by atomic mass is 33.1. The Morgan fingerprint density at radius 2 is 1.35 bits per heavy atom. The summed E-state index contributed by atoms with van der Waals surface area (Å²) < 4.78 is 20.2. The summed E-state index contributed by atoms with van der Waals surface area (Å²) in [5.41, 5.74) is 4.85. The molecule has 1 amide bonds. The van der Waals surface area contributed by atoms with E-state index in [0.717, 1.165) is 19.4 Å². The first-order chi connectivity index (χ1) is 14.5. The van der Waals surface area contributed by atoms with Crippen LogP contribution in [0.3, 0.4) is 0 Å². The Hall–Kier alpha value is -0.680. The van der Waals surface area contributed by atoms with E-state index in [1.165, 1.54) is 0 Å². The van der Waals surface area contributed by atoms with Gasteiger partial charge in [0, 0.05) is 43.3 Å². The Morgan fingerprint density at radius 3 is 1.84 bits per heavy atom. The predicted octanol–water partition coefficient (Wildman–Crippen LogP) is 4.01. The zero-order valence-electron chi connectivity index (χ0n) is 20.4. The van der Waals surface area contributed by atoms with Gasteiger partial charge in [0.15, 0.2) is 0 Å². The fourth-order valence-electron chi connectivity index (χ4n) is 1.85. The molecule has 0 spiro atoms. The number of alkyl carbamates (subject to hydrolysis) is 1. The van der Waals surface area contributed by atoms with Gasteiger partial charge in [-0.15, -0.1) is 0 Å². The largest absolute Gasteiger partial charge is 0.466 e. The maximum Gasteiger partial charge on any atom is 0.407 e. The molecule has 0 aliphatic heterocycles. The van der Waals surface area contributed by atoms with Crippen molar-refractivity contribution in [3.05, 3.63) is 0 Å². The van der Waals surface area contributed by atoms with E-state index in [1.807, 2.05) is 6.92 Å². The Bertz CT molecular complexity index is 425. The summed E-state index contributed by atoms with van der Waals surface area (Å²) in [5, 5.41) is 2.63. The number of carbonyl (C=O) groups excluding carboxylic acids is 2. The summed E-state index contributed by atoms with van der Waals surface area (Å²) >= 11 is 0. The lowest BCUT2D eigenvalue weighted by molar-refractivity contribution is -0.144. The average molecular weight is 485 g/mol. The highest BCUT2D eigenvalue weighted by Crippen LogP contribution is 2.46. The standard InChI is InChI=1S/C19H37NO6S2.C2H7N/c1-18(2,9-13-25-16(21)8-7-12-23-5)27-28-19(3,4)10-14-26-17(22)20-11-15-24-6;1-2-3/h7-15H2,1-6H3,(H,20,22);2-3H2,1H3. The van der Waals surface area contributed by atoms with Crippen LogP contribution in [0.2, 0.25) is 0 Å². The molecule has 186 valence electrons. The molecule has 0 atom stereocenters. The van der Waals surface area contributed by atoms with Crippen LogP contribution in [0.5, 0.6) is 0 Å². The molecular weight excluding hydrogens is 440 g/mol. The molecule has 0 radical (unpaired) electrons. The van der Waals surface area contributed by atoms with Gasteiger partial charge < -0.3 is 30.0 Å². The SMILES string of the molecule is CCN.COCCCC(=O)OCCC(C)(C)SSC(C)(C)CCOC(=O)NCCOC. The van der Waals surface area contributed by atoms with Crippen LogP contribution in [0.4, 0.5) is 4.79 Å². The molecule has 0 rings (SSSR count). The minimum Gasteiger partial charge on any atom is -0.466 e. The van der Waals surface area contributed by atoms with Crippen LogP contribution < -0.4 is 11.1 Å². The first-order valence-corrected chi connectivity index (χ1v) is 12.8. The molecule has 10 heteroatoms. The van der Waals surface area contributed by atoms with Crippen LogP contribution in [0.25, 0.3) is 0 Å². The van der Waals surface area contributed by atoms with Gasteiger partial charge in [0.2, 0.25) is 0 Å². The second-order valence-corrected chi connectivity index (χ2v) is 11.5. The monoisotopic (exact) mass is 484 g/mol. The van der Waals surface area contributed by atoms with E-state index in [2.05, 4.69) is 33.0 Å². The van der Waals surface area contributed by atoms with Gasteiger partial charge in [-0.2, -0.15) is 0 Å². The molecule has 31 heavy (non-hydrogen) atoms. The number of nitrogens with one attached hydrogen (secondary N) is 1. The lowest BCUT2D eigenvalue weighted by Gasteiger charge is -2.29. The van der Waals surface area contributed by atoms with Crippen molar-refractivity contribution in [3.63, 3.8) is 0 Å². The van der Waals surface area contributed by atoms with Crippen molar-refractivity contribution >= 4 is 33.7 Å². The van der Waals surface area contributed by atoms with Crippen molar-refractivity contribution in [1.82, 2.24) is 5.32 Å². The van der Waals surface area contributed by atoms with Crippen LogP contribution in [-0.2, 0) is 23.7 Å². The Morgan fingerprint density at radius 1 is 0.871 bits per heavy atom. The zero-order valence-corrected chi connectivity index (χ0v) is 22.0. The fourth-order valence-corrected chi connectivity index (χ4v) is 4.49. The number of rotatable bonds is 16. The zero-order chi connectivity index (χ0) is 24.2. The summed E-state index contributed by atoms with van der Waals surface area (Å²) in [5.74, 6) is -0.174. The normalized spacial score (nSPS) is 11.4. The molecule has 0 fully saturated rings. The molecule has 3 N–H and O–H groups in total. The molecule has 0 aromatic carbocycles. The Balaban J connectivity index is 0. The van der Waals surface area contributed by atoms with Crippen molar-refractivity contribution in [2.24, 2.45) is 5.73 Å². The van der Waals surface area contributed by atoms with Gasteiger partial charge in [-0.3, -0.25) is 4.79 Å². The molecule has 0 heterocycles. The lowest BCUT2D eigenvalue weighted by atomic mass is 10.1. The molecular formula is C21H44N2O6S2. The van der Waals surface area contributed by atoms with Crippen LogP contribution in [0, 0.1) is 0 Å². The summed E-state index contributed by atoms with van der Waals surface area (Å²) in [6, 6.07) is 0. The molecule has 0 saturated heterocycles. The molecule has 0 bridgehead atoms. The molecule has 0 aliphatic rings. The third kappa shape index (κ3) is 23.8. The minimum absolute atomic E-state index is 0.0346. The fraction of sp³-hybridized carbons (Fsp3) is 0.905. The summed E-state index contributed by atoms with van der Waals surface area (Å²) in [6.07, 6.45) is 2.17. The van der Waals surface area contributed by atoms with Gasteiger partial charge in [0.05, 0.1) is 19.8 Å². The minimum atomic E-state index is -0.418. The molecule has 8 nitrogen and oxygen atoms in total. The van der Waals surface area contributed by atoms with Gasteiger partial charge in [-0.05, 0) is 53.5 Å². The van der Waals surface area contributed by atoms with Crippen LogP contribution in [0.1, 0.15) is 60.3 Å². The van der Waals surface area contributed by atoms with Crippen molar-refractivity contribution < 1.29 is 28.5 Å². The van der Waals surface area contributed by atoms with Crippen molar-refractivity contribution in [2.75, 3.05) is 53.7 Å². The van der Waals surface area contributed by atoms with Gasteiger partial charge in [-0.25, -0.2) is 4.79 Å². The van der Waals surface area contributed by atoms with E-state index in [-0.39, 0.29) is 15.5 Å². The maximum atomic E-state index is 11.6. The summed E-state index contributed by atoms with van der Waals surface area (Å²) in [4.78, 5) is 23.2. The van der Waals surface area contributed by atoms with E-state index >= 15 is 0 Å². The number of ether oxygens (including phenoxy) is 4. The van der Waals surface area contributed by atoms with Crippen molar-refractivity contribution in [2.45, 2.75) is 69.8 Å². The Labute approximate surface area is 196 Å². The van der Waals surface area contributed by atoms with E-state index < -0.39 is 6.09 Å². The quantitative estimate of drug-likeness (QED) is 0.191. The number of methoxy groups -OCH3 is 2. The highest BCUT2D eigenvalue weighted by Gasteiger charge is 2.26.